The van der Waals surface area contributed by atoms with Gasteiger partial charge in [0.05, 0.1) is 10.9 Å². The maximum Gasteiger partial charge on any atom is 0.229 e. The molecule has 1 rings (SSSR count). The van der Waals surface area contributed by atoms with Crippen molar-refractivity contribution in [2.75, 3.05) is 20.6 Å². The first kappa shape index (κ1) is 15.4. The minimum absolute atomic E-state index is 0.0162. The smallest absolute Gasteiger partial charge is 0.229 e. The number of hydrogen-bond acceptors (Lipinski definition) is 3. The van der Waals surface area contributed by atoms with Crippen molar-refractivity contribution in [3.8, 4) is 0 Å². The second-order valence-corrected chi connectivity index (χ2v) is 5.91. The number of carbonyl (C=O) groups is 1. The van der Waals surface area contributed by atoms with Gasteiger partial charge in [-0.25, -0.2) is 0 Å². The lowest BCUT2D eigenvalue weighted by molar-refractivity contribution is -0.124. The van der Waals surface area contributed by atoms with Crippen LogP contribution in [-0.4, -0.2) is 42.0 Å². The molecule has 0 bridgehead atoms. The van der Waals surface area contributed by atoms with Crippen molar-refractivity contribution < 1.29 is 4.79 Å². The Labute approximate surface area is 115 Å². The molecule has 1 saturated carbocycles. The molecule has 1 fully saturated rings. The van der Waals surface area contributed by atoms with Gasteiger partial charge in [0.2, 0.25) is 5.91 Å². The minimum atomic E-state index is -0.315. The van der Waals surface area contributed by atoms with E-state index in [9.17, 15) is 4.79 Å². The van der Waals surface area contributed by atoms with Crippen LogP contribution in [0.4, 0.5) is 0 Å². The van der Waals surface area contributed by atoms with Crippen molar-refractivity contribution in [3.05, 3.63) is 0 Å². The van der Waals surface area contributed by atoms with Crippen LogP contribution in [0.3, 0.4) is 0 Å². The molecular weight excluding hydrogens is 246 g/mol. The molecule has 0 saturated heterocycles. The lowest BCUT2D eigenvalue weighted by Crippen LogP contribution is -2.58. The normalized spacial score (nSPS) is 19.1. The van der Waals surface area contributed by atoms with Crippen LogP contribution >= 0.6 is 12.2 Å². The van der Waals surface area contributed by atoms with Gasteiger partial charge in [-0.05, 0) is 39.8 Å². The molecule has 0 heterocycles. The number of nitrogens with zero attached hydrogens (tertiary/aromatic N) is 1. The lowest BCUT2D eigenvalue weighted by atomic mass is 9.75. The Hall–Kier alpha value is -0.680. The number of amides is 1. The number of thiocarbonyl (C=S) groups is 1. The van der Waals surface area contributed by atoms with E-state index in [2.05, 4.69) is 24.3 Å². The quantitative estimate of drug-likeness (QED) is 0.685. The van der Waals surface area contributed by atoms with E-state index in [1.807, 2.05) is 6.92 Å². The van der Waals surface area contributed by atoms with E-state index in [4.69, 9.17) is 18.0 Å². The zero-order valence-corrected chi connectivity index (χ0v) is 12.5. The maximum absolute atomic E-state index is 12.1. The van der Waals surface area contributed by atoms with Crippen LogP contribution in [0, 0.1) is 5.92 Å². The predicted octanol–water partition coefficient (Wildman–Crippen LogP) is 1.29. The molecule has 1 amide bonds. The van der Waals surface area contributed by atoms with Gasteiger partial charge in [-0.3, -0.25) is 4.79 Å². The van der Waals surface area contributed by atoms with Gasteiger partial charge >= 0.3 is 0 Å². The molecule has 0 aromatic rings. The third-order valence-electron chi connectivity index (χ3n) is 4.06. The Morgan fingerprint density at radius 3 is 2.44 bits per heavy atom. The summed E-state index contributed by atoms with van der Waals surface area (Å²) in [6.07, 6.45) is 5.17. The first-order valence-electron chi connectivity index (χ1n) is 6.67. The molecule has 5 heteroatoms. The third-order valence-corrected chi connectivity index (χ3v) is 4.35. The van der Waals surface area contributed by atoms with Crippen molar-refractivity contribution in [2.45, 2.75) is 44.6 Å². The first-order chi connectivity index (χ1) is 8.43. The van der Waals surface area contributed by atoms with Crippen molar-refractivity contribution in [3.63, 3.8) is 0 Å². The molecular formula is C13H25N3OS. The lowest BCUT2D eigenvalue weighted by Gasteiger charge is -2.47. The third kappa shape index (κ3) is 3.42. The van der Waals surface area contributed by atoms with Crippen LogP contribution in [0.1, 0.15) is 39.0 Å². The SMILES string of the molecule is CCCC(C(=O)NCC1(N(C)C)CCC1)C(N)=S. The average Bonchev–Trinajstić information content (AvgIpc) is 2.23. The Kier molecular flexibility index (Phi) is 5.53. The topological polar surface area (TPSA) is 58.4 Å². The molecule has 0 aromatic carbocycles. The number of likely N-dealkylation sites (N-methyl/N-ethyl adjacent to an activating group) is 1. The molecule has 1 atom stereocenters. The molecule has 0 radical (unpaired) electrons. The molecule has 0 spiro atoms. The molecule has 3 N–H and O–H groups in total. The van der Waals surface area contributed by atoms with E-state index < -0.39 is 0 Å². The van der Waals surface area contributed by atoms with Gasteiger partial charge in [-0.2, -0.15) is 0 Å². The summed E-state index contributed by atoms with van der Waals surface area (Å²) in [7, 11) is 4.14. The van der Waals surface area contributed by atoms with Crippen LogP contribution in [0.5, 0.6) is 0 Å². The summed E-state index contributed by atoms with van der Waals surface area (Å²) < 4.78 is 0. The van der Waals surface area contributed by atoms with Gasteiger partial charge in [0.1, 0.15) is 0 Å². The molecule has 1 unspecified atom stereocenters. The summed E-state index contributed by atoms with van der Waals surface area (Å²) in [5.41, 5.74) is 5.77. The van der Waals surface area contributed by atoms with Crippen molar-refractivity contribution in [1.29, 1.82) is 0 Å². The Balaban J connectivity index is 2.51. The van der Waals surface area contributed by atoms with Crippen LogP contribution < -0.4 is 11.1 Å². The van der Waals surface area contributed by atoms with Crippen molar-refractivity contribution >= 4 is 23.1 Å². The van der Waals surface area contributed by atoms with E-state index in [0.29, 0.717) is 11.5 Å². The van der Waals surface area contributed by atoms with Gasteiger partial charge in [0, 0.05) is 12.1 Å². The van der Waals surface area contributed by atoms with Gasteiger partial charge < -0.3 is 16.0 Å². The largest absolute Gasteiger partial charge is 0.393 e. The molecule has 4 nitrogen and oxygen atoms in total. The molecule has 104 valence electrons. The van der Waals surface area contributed by atoms with Crippen molar-refractivity contribution in [1.82, 2.24) is 10.2 Å². The van der Waals surface area contributed by atoms with Crippen molar-refractivity contribution in [2.24, 2.45) is 11.7 Å². The van der Waals surface area contributed by atoms with Gasteiger partial charge in [0.25, 0.3) is 0 Å². The number of nitrogens with two attached hydrogens (primary N) is 1. The van der Waals surface area contributed by atoms with E-state index >= 15 is 0 Å². The molecule has 18 heavy (non-hydrogen) atoms. The number of hydrogen-bond donors (Lipinski definition) is 2. The summed E-state index contributed by atoms with van der Waals surface area (Å²) in [6.45, 7) is 2.73. The fraction of sp³-hybridized carbons (Fsp3) is 0.846. The maximum atomic E-state index is 12.1. The highest BCUT2D eigenvalue weighted by molar-refractivity contribution is 7.80. The van der Waals surface area contributed by atoms with Crippen LogP contribution in [-0.2, 0) is 4.79 Å². The van der Waals surface area contributed by atoms with E-state index in [0.717, 1.165) is 25.7 Å². The van der Waals surface area contributed by atoms with E-state index in [1.165, 1.54) is 6.42 Å². The van der Waals surface area contributed by atoms with Gasteiger partial charge in [-0.15, -0.1) is 0 Å². The fourth-order valence-electron chi connectivity index (χ4n) is 2.43. The van der Waals surface area contributed by atoms with Gasteiger partial charge in [0.15, 0.2) is 0 Å². The highest BCUT2D eigenvalue weighted by Crippen LogP contribution is 2.35. The average molecular weight is 271 g/mol. The second kappa shape index (κ2) is 6.48. The first-order valence-corrected chi connectivity index (χ1v) is 7.08. The predicted molar refractivity (Wildman–Crippen MR) is 78.5 cm³/mol. The Morgan fingerprint density at radius 2 is 2.11 bits per heavy atom. The summed E-state index contributed by atoms with van der Waals surface area (Å²) >= 11 is 4.97. The summed E-state index contributed by atoms with van der Waals surface area (Å²) in [5, 5.41) is 3.02. The second-order valence-electron chi connectivity index (χ2n) is 5.43. The zero-order chi connectivity index (χ0) is 13.8. The fourth-order valence-corrected chi connectivity index (χ4v) is 2.66. The minimum Gasteiger partial charge on any atom is -0.393 e. The standard InChI is InChI=1S/C13H25N3OS/c1-4-6-10(11(14)18)12(17)15-9-13(16(2)3)7-5-8-13/h10H,4-9H2,1-3H3,(H2,14,18)(H,15,17). The number of carbonyl (C=O) groups excluding carboxylic acids is 1. The number of nitrogens with one attached hydrogen (secondary N) is 1. The molecule has 1 aliphatic carbocycles. The van der Waals surface area contributed by atoms with Crippen LogP contribution in [0.15, 0.2) is 0 Å². The Bertz CT molecular complexity index is 313. The monoisotopic (exact) mass is 271 g/mol. The summed E-state index contributed by atoms with van der Waals surface area (Å²) in [4.78, 5) is 14.6. The molecule has 0 aromatic heterocycles. The zero-order valence-electron chi connectivity index (χ0n) is 11.7. The van der Waals surface area contributed by atoms with Gasteiger partial charge in [-0.1, -0.05) is 25.6 Å². The van der Waals surface area contributed by atoms with E-state index in [1.54, 1.807) is 0 Å². The summed E-state index contributed by atoms with van der Waals surface area (Å²) in [5.74, 6) is -0.332. The van der Waals surface area contributed by atoms with Crippen LogP contribution in [0.25, 0.3) is 0 Å². The highest BCUT2D eigenvalue weighted by atomic mass is 32.1. The molecule has 1 aliphatic rings. The van der Waals surface area contributed by atoms with Crippen LogP contribution in [0.2, 0.25) is 0 Å². The Morgan fingerprint density at radius 1 is 1.50 bits per heavy atom. The highest BCUT2D eigenvalue weighted by Gasteiger charge is 2.39. The van der Waals surface area contributed by atoms with E-state index in [-0.39, 0.29) is 17.4 Å². The molecule has 0 aliphatic heterocycles. The summed E-state index contributed by atoms with van der Waals surface area (Å²) in [6, 6.07) is 0. The number of rotatable bonds is 7.